The smallest absolute Gasteiger partial charge is 0.191 e. The fraction of sp³-hybridized carbons (Fsp3) is 0.375. The average Bonchev–Trinajstić information content (AvgIpc) is 3.39. The molecule has 3 aromatic rings. The number of benzene rings is 2. The number of fused-ring (bicyclic) bond motifs is 1. The van der Waals surface area contributed by atoms with Gasteiger partial charge in [0, 0.05) is 49.4 Å². The molecule has 0 radical (unpaired) electrons. The van der Waals surface area contributed by atoms with Gasteiger partial charge in [-0.05, 0) is 37.5 Å². The molecule has 2 heterocycles. The number of nitrogens with one attached hydrogen (secondary N) is 2. The maximum atomic E-state index is 5.99. The Labute approximate surface area is 177 Å². The highest BCUT2D eigenvalue weighted by atomic mass is 16.5. The van der Waals surface area contributed by atoms with Crippen LogP contribution in [-0.4, -0.2) is 39.8 Å². The number of hydrogen-bond acceptors (Lipinski definition) is 4. The van der Waals surface area contributed by atoms with E-state index in [0.717, 1.165) is 49.1 Å². The molecule has 0 aliphatic carbocycles. The van der Waals surface area contributed by atoms with Crippen molar-refractivity contribution < 1.29 is 9.15 Å². The fourth-order valence-electron chi connectivity index (χ4n) is 4.06. The average molecular weight is 407 g/mol. The Bertz CT molecular complexity index is 1030. The number of anilines is 1. The second kappa shape index (κ2) is 9.11. The van der Waals surface area contributed by atoms with Crippen LogP contribution in [0.2, 0.25) is 0 Å². The SMILES string of the molecule is CN=C(NCc1oc2ccccc2c1C)NCC1CCN(c2cccc(OC)c2)C1. The summed E-state index contributed by atoms with van der Waals surface area (Å²) in [4.78, 5) is 6.79. The van der Waals surface area contributed by atoms with Crippen molar-refractivity contribution in [1.29, 1.82) is 0 Å². The Morgan fingerprint density at radius 1 is 1.20 bits per heavy atom. The van der Waals surface area contributed by atoms with Crippen LogP contribution in [0.5, 0.6) is 5.75 Å². The summed E-state index contributed by atoms with van der Waals surface area (Å²) in [5, 5.41) is 8.03. The van der Waals surface area contributed by atoms with Gasteiger partial charge < -0.3 is 24.7 Å². The van der Waals surface area contributed by atoms with Crippen molar-refractivity contribution in [1.82, 2.24) is 10.6 Å². The van der Waals surface area contributed by atoms with Gasteiger partial charge in [0.25, 0.3) is 0 Å². The molecule has 1 saturated heterocycles. The predicted molar refractivity (Wildman–Crippen MR) is 122 cm³/mol. The topological polar surface area (TPSA) is 62.0 Å². The number of nitrogens with zero attached hydrogens (tertiary/aromatic N) is 2. The Hall–Kier alpha value is -3.15. The second-order valence-corrected chi connectivity index (χ2v) is 7.76. The monoisotopic (exact) mass is 406 g/mol. The number of methoxy groups -OCH3 is 1. The van der Waals surface area contributed by atoms with Crippen LogP contribution in [0.15, 0.2) is 57.9 Å². The molecule has 0 saturated carbocycles. The number of rotatable bonds is 6. The predicted octanol–water partition coefficient (Wildman–Crippen LogP) is 3.94. The van der Waals surface area contributed by atoms with Crippen molar-refractivity contribution in [2.45, 2.75) is 19.9 Å². The third-order valence-corrected chi connectivity index (χ3v) is 5.84. The summed E-state index contributed by atoms with van der Waals surface area (Å²) in [5.74, 6) is 3.22. The maximum absolute atomic E-state index is 5.99. The summed E-state index contributed by atoms with van der Waals surface area (Å²) in [6, 6.07) is 16.4. The van der Waals surface area contributed by atoms with Crippen LogP contribution in [0.25, 0.3) is 11.0 Å². The zero-order chi connectivity index (χ0) is 20.9. The highest BCUT2D eigenvalue weighted by Gasteiger charge is 2.23. The molecule has 1 fully saturated rings. The number of guanidine groups is 1. The number of ether oxygens (including phenoxy) is 1. The molecule has 0 bridgehead atoms. The number of hydrogen-bond donors (Lipinski definition) is 2. The second-order valence-electron chi connectivity index (χ2n) is 7.76. The molecular weight excluding hydrogens is 376 g/mol. The standard InChI is InChI=1S/C24H30N4O2/c1-17-21-9-4-5-10-22(21)30-23(17)15-27-24(25-2)26-14-18-11-12-28(16-18)19-7-6-8-20(13-19)29-3/h4-10,13,18H,11-12,14-16H2,1-3H3,(H2,25,26,27). The zero-order valence-electron chi connectivity index (χ0n) is 17.9. The summed E-state index contributed by atoms with van der Waals surface area (Å²) >= 11 is 0. The van der Waals surface area contributed by atoms with E-state index in [-0.39, 0.29) is 0 Å². The Kier molecular flexibility index (Phi) is 6.12. The lowest BCUT2D eigenvalue weighted by atomic mass is 10.1. The van der Waals surface area contributed by atoms with Gasteiger partial charge in [-0.25, -0.2) is 0 Å². The van der Waals surface area contributed by atoms with E-state index in [1.807, 2.05) is 30.3 Å². The molecule has 30 heavy (non-hydrogen) atoms. The van der Waals surface area contributed by atoms with Gasteiger partial charge in [0.1, 0.15) is 17.1 Å². The highest BCUT2D eigenvalue weighted by molar-refractivity contribution is 5.83. The lowest BCUT2D eigenvalue weighted by Gasteiger charge is -2.20. The lowest BCUT2D eigenvalue weighted by molar-refractivity contribution is 0.415. The van der Waals surface area contributed by atoms with Crippen molar-refractivity contribution in [3.63, 3.8) is 0 Å². The van der Waals surface area contributed by atoms with Gasteiger partial charge in [-0.3, -0.25) is 4.99 Å². The molecule has 1 aromatic heterocycles. The Morgan fingerprint density at radius 2 is 2.07 bits per heavy atom. The molecule has 1 atom stereocenters. The van der Waals surface area contributed by atoms with Gasteiger partial charge in [0.15, 0.2) is 5.96 Å². The fourth-order valence-corrected chi connectivity index (χ4v) is 4.06. The van der Waals surface area contributed by atoms with Crippen molar-refractivity contribution in [2.75, 3.05) is 38.7 Å². The summed E-state index contributed by atoms with van der Waals surface area (Å²) < 4.78 is 11.3. The quantitative estimate of drug-likeness (QED) is 0.480. The summed E-state index contributed by atoms with van der Waals surface area (Å²) in [5.41, 5.74) is 3.33. The van der Waals surface area contributed by atoms with Crippen LogP contribution in [0, 0.1) is 12.8 Å². The normalized spacial score (nSPS) is 16.8. The molecule has 1 unspecified atom stereocenters. The first-order valence-corrected chi connectivity index (χ1v) is 10.5. The Balaban J connectivity index is 1.29. The van der Waals surface area contributed by atoms with Gasteiger partial charge in [0.05, 0.1) is 13.7 Å². The van der Waals surface area contributed by atoms with Gasteiger partial charge in [0.2, 0.25) is 0 Å². The van der Waals surface area contributed by atoms with Crippen molar-refractivity contribution in [2.24, 2.45) is 10.9 Å². The summed E-state index contributed by atoms with van der Waals surface area (Å²) in [6.45, 7) is 5.69. The Morgan fingerprint density at radius 3 is 2.87 bits per heavy atom. The number of aliphatic imine (C=N–C) groups is 1. The molecule has 6 nitrogen and oxygen atoms in total. The van der Waals surface area contributed by atoms with E-state index in [4.69, 9.17) is 9.15 Å². The van der Waals surface area contributed by atoms with E-state index < -0.39 is 0 Å². The van der Waals surface area contributed by atoms with Crippen LogP contribution in [0.1, 0.15) is 17.7 Å². The first kappa shape index (κ1) is 20.1. The van der Waals surface area contributed by atoms with E-state index in [1.165, 1.54) is 16.6 Å². The minimum absolute atomic E-state index is 0.572. The molecule has 1 aliphatic rings. The largest absolute Gasteiger partial charge is 0.497 e. The first-order valence-electron chi connectivity index (χ1n) is 10.5. The molecule has 0 spiro atoms. The van der Waals surface area contributed by atoms with Crippen molar-refractivity contribution >= 4 is 22.6 Å². The van der Waals surface area contributed by atoms with Crippen LogP contribution < -0.4 is 20.3 Å². The summed E-state index contributed by atoms with van der Waals surface area (Å²) in [6.07, 6.45) is 1.16. The van der Waals surface area contributed by atoms with Gasteiger partial charge >= 0.3 is 0 Å². The van der Waals surface area contributed by atoms with E-state index in [1.54, 1.807) is 14.2 Å². The van der Waals surface area contributed by atoms with Crippen LogP contribution in [-0.2, 0) is 6.54 Å². The molecule has 0 amide bonds. The van der Waals surface area contributed by atoms with E-state index in [0.29, 0.717) is 12.5 Å². The van der Waals surface area contributed by atoms with E-state index in [9.17, 15) is 0 Å². The zero-order valence-corrected chi connectivity index (χ0v) is 17.9. The first-order chi connectivity index (χ1) is 14.7. The van der Waals surface area contributed by atoms with Crippen LogP contribution >= 0.6 is 0 Å². The minimum atomic E-state index is 0.572. The third-order valence-electron chi connectivity index (χ3n) is 5.84. The molecular formula is C24H30N4O2. The molecule has 2 N–H and O–H groups in total. The van der Waals surface area contributed by atoms with Gasteiger partial charge in [-0.15, -0.1) is 0 Å². The van der Waals surface area contributed by atoms with Crippen LogP contribution in [0.4, 0.5) is 5.69 Å². The lowest BCUT2D eigenvalue weighted by Crippen LogP contribution is -2.40. The van der Waals surface area contributed by atoms with Crippen LogP contribution in [0.3, 0.4) is 0 Å². The maximum Gasteiger partial charge on any atom is 0.191 e. The molecule has 158 valence electrons. The highest BCUT2D eigenvalue weighted by Crippen LogP contribution is 2.27. The summed E-state index contributed by atoms with van der Waals surface area (Å²) in [7, 11) is 3.51. The molecule has 6 heteroatoms. The van der Waals surface area contributed by atoms with E-state index in [2.05, 4.69) is 45.6 Å². The molecule has 4 rings (SSSR count). The van der Waals surface area contributed by atoms with Crippen molar-refractivity contribution in [3.05, 3.63) is 59.9 Å². The van der Waals surface area contributed by atoms with E-state index >= 15 is 0 Å². The number of aryl methyl sites for hydroxylation is 1. The number of para-hydroxylation sites is 1. The molecule has 1 aliphatic heterocycles. The minimum Gasteiger partial charge on any atom is -0.497 e. The van der Waals surface area contributed by atoms with Crippen molar-refractivity contribution in [3.8, 4) is 5.75 Å². The van der Waals surface area contributed by atoms with Gasteiger partial charge in [-0.1, -0.05) is 24.3 Å². The molecule has 2 aromatic carbocycles. The number of furan rings is 1. The third kappa shape index (κ3) is 4.37. The van der Waals surface area contributed by atoms with Gasteiger partial charge in [-0.2, -0.15) is 0 Å².